The lowest BCUT2D eigenvalue weighted by molar-refractivity contribution is -0.116. The highest BCUT2D eigenvalue weighted by atomic mass is 16.1. The van der Waals surface area contributed by atoms with E-state index in [1.54, 1.807) is 6.20 Å². The van der Waals surface area contributed by atoms with E-state index < -0.39 is 0 Å². The Morgan fingerprint density at radius 2 is 2.16 bits per heavy atom. The zero-order chi connectivity index (χ0) is 13.5. The molecule has 104 valence electrons. The highest BCUT2D eigenvalue weighted by Crippen LogP contribution is 2.27. The van der Waals surface area contributed by atoms with Crippen molar-refractivity contribution in [2.75, 3.05) is 5.32 Å². The topological polar surface area (TPSA) is 68.0 Å². The summed E-state index contributed by atoms with van der Waals surface area (Å²) < 4.78 is 0. The second kappa shape index (κ2) is 7.24. The fourth-order valence-electron chi connectivity index (χ4n) is 2.72. The van der Waals surface area contributed by atoms with Crippen molar-refractivity contribution in [1.29, 1.82) is 0 Å². The van der Waals surface area contributed by atoms with Crippen molar-refractivity contribution in [3.05, 3.63) is 23.9 Å². The van der Waals surface area contributed by atoms with E-state index >= 15 is 0 Å². The summed E-state index contributed by atoms with van der Waals surface area (Å²) in [5.41, 5.74) is 6.51. The van der Waals surface area contributed by atoms with Gasteiger partial charge in [0.05, 0.1) is 0 Å². The van der Waals surface area contributed by atoms with Crippen LogP contribution in [0.15, 0.2) is 18.3 Å². The van der Waals surface area contributed by atoms with Crippen LogP contribution in [-0.4, -0.2) is 10.9 Å². The van der Waals surface area contributed by atoms with Crippen molar-refractivity contribution in [1.82, 2.24) is 4.98 Å². The van der Waals surface area contributed by atoms with Gasteiger partial charge in [0, 0.05) is 24.7 Å². The first kappa shape index (κ1) is 14.0. The minimum absolute atomic E-state index is 0.0546. The number of amides is 1. The zero-order valence-electron chi connectivity index (χ0n) is 11.4. The average Bonchev–Trinajstić information content (AvgIpc) is 2.47. The fourth-order valence-corrected chi connectivity index (χ4v) is 2.72. The second-order valence-electron chi connectivity index (χ2n) is 5.31. The van der Waals surface area contributed by atoms with E-state index in [2.05, 4.69) is 10.3 Å². The molecule has 0 spiro atoms. The maximum absolute atomic E-state index is 11.9. The first-order valence-corrected chi connectivity index (χ1v) is 7.23. The molecule has 1 heterocycles. The van der Waals surface area contributed by atoms with E-state index in [9.17, 15) is 4.79 Å². The molecule has 1 fully saturated rings. The Hall–Kier alpha value is -1.42. The van der Waals surface area contributed by atoms with Crippen molar-refractivity contribution < 1.29 is 4.79 Å². The summed E-state index contributed by atoms with van der Waals surface area (Å²) >= 11 is 0. The van der Waals surface area contributed by atoms with Gasteiger partial charge in [-0.1, -0.05) is 38.2 Å². The Balaban J connectivity index is 1.80. The molecular weight excluding hydrogens is 238 g/mol. The lowest BCUT2D eigenvalue weighted by atomic mass is 9.86. The van der Waals surface area contributed by atoms with Gasteiger partial charge in [0.1, 0.15) is 5.82 Å². The molecule has 1 aromatic heterocycles. The quantitative estimate of drug-likeness (QED) is 0.856. The molecule has 0 saturated heterocycles. The third-order valence-electron chi connectivity index (χ3n) is 3.87. The van der Waals surface area contributed by atoms with Crippen LogP contribution >= 0.6 is 0 Å². The molecule has 1 saturated carbocycles. The Morgan fingerprint density at radius 1 is 1.37 bits per heavy atom. The molecule has 1 amide bonds. The third kappa shape index (κ3) is 4.31. The Bertz CT molecular complexity index is 414. The number of rotatable bonds is 5. The van der Waals surface area contributed by atoms with Gasteiger partial charge in [-0.05, 0) is 18.4 Å². The lowest BCUT2D eigenvalue weighted by Gasteiger charge is -2.21. The largest absolute Gasteiger partial charge is 0.326 e. The molecule has 4 heteroatoms. The lowest BCUT2D eigenvalue weighted by Crippen LogP contribution is -2.17. The molecular formula is C15H23N3O. The number of hydrogen-bond donors (Lipinski definition) is 2. The summed E-state index contributed by atoms with van der Waals surface area (Å²) in [5, 5.41) is 2.87. The summed E-state index contributed by atoms with van der Waals surface area (Å²) in [5.74, 6) is 1.40. The maximum atomic E-state index is 11.9. The predicted octanol–water partition coefficient (Wildman–Crippen LogP) is 2.84. The average molecular weight is 261 g/mol. The van der Waals surface area contributed by atoms with Crippen molar-refractivity contribution >= 4 is 11.7 Å². The van der Waals surface area contributed by atoms with Crippen LogP contribution < -0.4 is 11.1 Å². The summed E-state index contributed by atoms with van der Waals surface area (Å²) in [6.45, 7) is 0.395. The highest BCUT2D eigenvalue weighted by molar-refractivity contribution is 5.90. The number of pyridine rings is 1. The Morgan fingerprint density at radius 3 is 2.89 bits per heavy atom. The van der Waals surface area contributed by atoms with E-state index in [0.717, 1.165) is 17.9 Å². The minimum atomic E-state index is 0.0546. The number of anilines is 1. The number of nitrogens with two attached hydrogens (primary N) is 1. The molecule has 0 bridgehead atoms. The summed E-state index contributed by atoms with van der Waals surface area (Å²) in [4.78, 5) is 16.1. The van der Waals surface area contributed by atoms with Gasteiger partial charge in [-0.15, -0.1) is 0 Å². The third-order valence-corrected chi connectivity index (χ3v) is 3.87. The van der Waals surface area contributed by atoms with Crippen LogP contribution in [0.2, 0.25) is 0 Å². The molecule has 2 rings (SSSR count). The molecule has 19 heavy (non-hydrogen) atoms. The molecule has 0 aromatic carbocycles. The molecule has 1 aromatic rings. The summed E-state index contributed by atoms with van der Waals surface area (Å²) in [6, 6.07) is 3.73. The SMILES string of the molecule is NCc1cccnc1NC(=O)CCC1CCCCC1. The number of aromatic nitrogens is 1. The molecule has 0 unspecified atom stereocenters. The van der Waals surface area contributed by atoms with Crippen LogP contribution in [0.3, 0.4) is 0 Å². The number of hydrogen-bond acceptors (Lipinski definition) is 3. The molecule has 0 atom stereocenters. The van der Waals surface area contributed by atoms with E-state index in [4.69, 9.17) is 5.73 Å². The van der Waals surface area contributed by atoms with Crippen LogP contribution in [0.5, 0.6) is 0 Å². The number of nitrogens with one attached hydrogen (secondary N) is 1. The Labute approximate surface area is 114 Å². The maximum Gasteiger partial charge on any atom is 0.225 e. The summed E-state index contributed by atoms with van der Waals surface area (Å²) in [7, 11) is 0. The monoisotopic (exact) mass is 261 g/mol. The van der Waals surface area contributed by atoms with Gasteiger partial charge in [0.2, 0.25) is 5.91 Å². The van der Waals surface area contributed by atoms with Crippen molar-refractivity contribution in [2.45, 2.75) is 51.5 Å². The minimum Gasteiger partial charge on any atom is -0.326 e. The van der Waals surface area contributed by atoms with Crippen LogP contribution in [-0.2, 0) is 11.3 Å². The second-order valence-corrected chi connectivity index (χ2v) is 5.31. The standard InChI is InChI=1S/C15H23N3O/c16-11-13-7-4-10-17-15(13)18-14(19)9-8-12-5-2-1-3-6-12/h4,7,10,12H,1-3,5-6,8-9,11,16H2,(H,17,18,19). The molecule has 0 radical (unpaired) electrons. The van der Waals surface area contributed by atoms with Crippen molar-refractivity contribution in [3.63, 3.8) is 0 Å². The normalized spacial score (nSPS) is 16.3. The van der Waals surface area contributed by atoms with E-state index in [1.165, 1.54) is 32.1 Å². The van der Waals surface area contributed by atoms with Crippen molar-refractivity contribution in [2.24, 2.45) is 11.7 Å². The van der Waals surface area contributed by atoms with Gasteiger partial charge < -0.3 is 11.1 Å². The molecule has 0 aliphatic heterocycles. The van der Waals surface area contributed by atoms with E-state index in [0.29, 0.717) is 18.8 Å². The van der Waals surface area contributed by atoms with Gasteiger partial charge in [-0.3, -0.25) is 4.79 Å². The van der Waals surface area contributed by atoms with Gasteiger partial charge in [0.25, 0.3) is 0 Å². The number of carbonyl (C=O) groups excluding carboxylic acids is 1. The molecule has 3 N–H and O–H groups in total. The van der Waals surface area contributed by atoms with Gasteiger partial charge in [0.15, 0.2) is 0 Å². The smallest absolute Gasteiger partial charge is 0.225 e. The van der Waals surface area contributed by atoms with E-state index in [1.807, 2.05) is 12.1 Å². The van der Waals surface area contributed by atoms with Crippen molar-refractivity contribution in [3.8, 4) is 0 Å². The number of nitrogens with zero attached hydrogens (tertiary/aromatic N) is 1. The predicted molar refractivity (Wildman–Crippen MR) is 76.6 cm³/mol. The first-order valence-electron chi connectivity index (χ1n) is 7.23. The van der Waals surface area contributed by atoms with E-state index in [-0.39, 0.29) is 5.91 Å². The summed E-state index contributed by atoms with van der Waals surface area (Å²) in [6.07, 6.45) is 9.83. The van der Waals surface area contributed by atoms with Crippen LogP contribution in [0.1, 0.15) is 50.5 Å². The van der Waals surface area contributed by atoms with Crippen LogP contribution in [0, 0.1) is 5.92 Å². The van der Waals surface area contributed by atoms with Gasteiger partial charge in [-0.2, -0.15) is 0 Å². The first-order chi connectivity index (χ1) is 9.29. The van der Waals surface area contributed by atoms with Gasteiger partial charge >= 0.3 is 0 Å². The Kier molecular flexibility index (Phi) is 5.33. The molecule has 4 nitrogen and oxygen atoms in total. The van der Waals surface area contributed by atoms with Crippen LogP contribution in [0.4, 0.5) is 5.82 Å². The zero-order valence-corrected chi connectivity index (χ0v) is 11.4. The van der Waals surface area contributed by atoms with Crippen LogP contribution in [0.25, 0.3) is 0 Å². The molecule has 1 aliphatic carbocycles. The highest BCUT2D eigenvalue weighted by Gasteiger charge is 2.15. The molecule has 1 aliphatic rings. The fraction of sp³-hybridized carbons (Fsp3) is 0.600. The number of carbonyl (C=O) groups is 1. The van der Waals surface area contributed by atoms with Gasteiger partial charge in [-0.25, -0.2) is 4.98 Å².